The zero-order valence-corrected chi connectivity index (χ0v) is 14.8. The van der Waals surface area contributed by atoms with Crippen LogP contribution in [0.1, 0.15) is 12.5 Å². The average molecular weight is 402 g/mol. The van der Waals surface area contributed by atoms with Crippen molar-refractivity contribution in [3.8, 4) is 5.75 Å². The van der Waals surface area contributed by atoms with Gasteiger partial charge < -0.3 is 14.8 Å². The minimum absolute atomic E-state index is 0.0801. The third-order valence-electron chi connectivity index (χ3n) is 3.30. The maximum Gasteiger partial charge on any atom is 0.416 e. The van der Waals surface area contributed by atoms with Crippen molar-refractivity contribution < 1.29 is 32.2 Å². The molecule has 0 unspecified atom stereocenters. The Bertz CT molecular complexity index is 812. The molecule has 0 bridgehead atoms. The Morgan fingerprint density at radius 3 is 2.44 bits per heavy atom. The van der Waals surface area contributed by atoms with Crippen LogP contribution in [0.5, 0.6) is 5.75 Å². The Hall–Kier alpha value is -2.74. The molecular formula is C18H15ClF3NO4. The SMILES string of the molecule is C[C@H](Oc1ccccc1)C(=O)OCC(=O)Nc1cc(C(F)(F)F)ccc1Cl. The van der Waals surface area contributed by atoms with Crippen molar-refractivity contribution in [3.05, 3.63) is 59.1 Å². The number of amides is 1. The van der Waals surface area contributed by atoms with Crippen LogP contribution in [0.25, 0.3) is 0 Å². The molecular weight excluding hydrogens is 387 g/mol. The zero-order chi connectivity index (χ0) is 20.0. The lowest BCUT2D eigenvalue weighted by Crippen LogP contribution is -2.29. The lowest BCUT2D eigenvalue weighted by molar-refractivity contribution is -0.153. The molecule has 2 rings (SSSR count). The lowest BCUT2D eigenvalue weighted by atomic mass is 10.2. The Morgan fingerprint density at radius 1 is 1.15 bits per heavy atom. The standard InChI is InChI=1S/C18H15ClF3NO4/c1-11(27-13-5-3-2-4-6-13)17(25)26-10-16(24)23-15-9-12(18(20,21)22)7-8-14(15)19/h2-9,11H,10H2,1H3,(H,23,24)/t11-/m0/s1. The van der Waals surface area contributed by atoms with Crippen LogP contribution in [0.15, 0.2) is 48.5 Å². The zero-order valence-electron chi connectivity index (χ0n) is 14.0. The molecule has 1 amide bonds. The second-order valence-corrected chi connectivity index (χ2v) is 5.83. The largest absolute Gasteiger partial charge is 0.479 e. The maximum atomic E-state index is 12.7. The molecule has 0 heterocycles. The summed E-state index contributed by atoms with van der Waals surface area (Å²) in [6.07, 6.45) is -5.56. The molecule has 144 valence electrons. The van der Waals surface area contributed by atoms with E-state index in [0.29, 0.717) is 11.8 Å². The van der Waals surface area contributed by atoms with E-state index in [1.165, 1.54) is 6.92 Å². The van der Waals surface area contributed by atoms with Crippen LogP contribution < -0.4 is 10.1 Å². The summed E-state index contributed by atoms with van der Waals surface area (Å²) in [5.41, 5.74) is -1.20. The van der Waals surface area contributed by atoms with E-state index in [1.54, 1.807) is 30.3 Å². The summed E-state index contributed by atoms with van der Waals surface area (Å²) < 4.78 is 48.3. The van der Waals surface area contributed by atoms with Gasteiger partial charge >= 0.3 is 12.1 Å². The monoisotopic (exact) mass is 401 g/mol. The van der Waals surface area contributed by atoms with Gasteiger partial charge in [0.05, 0.1) is 16.3 Å². The molecule has 0 aromatic heterocycles. The molecule has 0 aliphatic heterocycles. The second kappa shape index (κ2) is 8.77. The van der Waals surface area contributed by atoms with Gasteiger partial charge in [-0.05, 0) is 37.3 Å². The highest BCUT2D eigenvalue weighted by atomic mass is 35.5. The Balaban J connectivity index is 1.90. The minimum Gasteiger partial charge on any atom is -0.479 e. The van der Waals surface area contributed by atoms with Crippen molar-refractivity contribution in [2.45, 2.75) is 19.2 Å². The van der Waals surface area contributed by atoms with Crippen molar-refractivity contribution in [2.24, 2.45) is 0 Å². The van der Waals surface area contributed by atoms with Gasteiger partial charge in [0.2, 0.25) is 0 Å². The molecule has 0 aliphatic carbocycles. The number of anilines is 1. The first-order valence-corrected chi connectivity index (χ1v) is 8.09. The van der Waals surface area contributed by atoms with Crippen LogP contribution in [0, 0.1) is 0 Å². The molecule has 0 aliphatic rings. The number of nitrogens with one attached hydrogen (secondary N) is 1. The lowest BCUT2D eigenvalue weighted by Gasteiger charge is -2.14. The highest BCUT2D eigenvalue weighted by molar-refractivity contribution is 6.33. The predicted molar refractivity (Wildman–Crippen MR) is 92.6 cm³/mol. The summed E-state index contributed by atoms with van der Waals surface area (Å²) >= 11 is 5.78. The fourth-order valence-electron chi connectivity index (χ4n) is 1.99. The van der Waals surface area contributed by atoms with Gasteiger partial charge in [0, 0.05) is 0 Å². The van der Waals surface area contributed by atoms with E-state index in [1.807, 2.05) is 0 Å². The van der Waals surface area contributed by atoms with E-state index >= 15 is 0 Å². The summed E-state index contributed by atoms with van der Waals surface area (Å²) in [4.78, 5) is 23.7. The smallest absolute Gasteiger partial charge is 0.416 e. The van der Waals surface area contributed by atoms with Crippen LogP contribution in [0.2, 0.25) is 5.02 Å². The van der Waals surface area contributed by atoms with Crippen LogP contribution in [0.3, 0.4) is 0 Å². The summed E-state index contributed by atoms with van der Waals surface area (Å²) in [5, 5.41) is 2.10. The molecule has 0 spiro atoms. The van der Waals surface area contributed by atoms with Crippen LogP contribution in [0.4, 0.5) is 18.9 Å². The number of alkyl halides is 3. The molecule has 27 heavy (non-hydrogen) atoms. The molecule has 0 fully saturated rings. The van der Waals surface area contributed by atoms with Crippen molar-refractivity contribution >= 4 is 29.2 Å². The first kappa shape index (κ1) is 20.6. The first-order chi connectivity index (χ1) is 12.7. The predicted octanol–water partition coefficient (Wildman–Crippen LogP) is 4.31. The van der Waals surface area contributed by atoms with Crippen LogP contribution >= 0.6 is 11.6 Å². The summed E-state index contributed by atoms with van der Waals surface area (Å²) in [6, 6.07) is 11.0. The topological polar surface area (TPSA) is 64.6 Å². The number of carbonyl (C=O) groups excluding carboxylic acids is 2. The number of benzene rings is 2. The van der Waals surface area contributed by atoms with Crippen molar-refractivity contribution in [2.75, 3.05) is 11.9 Å². The van der Waals surface area contributed by atoms with Crippen LogP contribution in [-0.4, -0.2) is 24.6 Å². The number of hydrogen-bond donors (Lipinski definition) is 1. The van der Waals surface area contributed by atoms with Crippen molar-refractivity contribution in [1.29, 1.82) is 0 Å². The second-order valence-electron chi connectivity index (χ2n) is 5.42. The number of hydrogen-bond acceptors (Lipinski definition) is 4. The Kier molecular flexibility index (Phi) is 6.68. The molecule has 0 saturated heterocycles. The highest BCUT2D eigenvalue weighted by Crippen LogP contribution is 2.33. The van der Waals surface area contributed by atoms with E-state index in [0.717, 1.165) is 12.1 Å². The summed E-state index contributed by atoms with van der Waals surface area (Å²) in [6.45, 7) is 0.741. The van der Waals surface area contributed by atoms with Crippen molar-refractivity contribution in [1.82, 2.24) is 0 Å². The number of rotatable bonds is 6. The van der Waals surface area contributed by atoms with Gasteiger partial charge in [0.1, 0.15) is 5.75 Å². The summed E-state index contributed by atoms with van der Waals surface area (Å²) in [7, 11) is 0. The number of carbonyl (C=O) groups is 2. The minimum atomic E-state index is -4.58. The van der Waals surface area contributed by atoms with Gasteiger partial charge in [0.25, 0.3) is 5.91 Å². The van der Waals surface area contributed by atoms with Gasteiger partial charge in [-0.25, -0.2) is 4.79 Å². The Labute approximate surface area is 158 Å². The quantitative estimate of drug-likeness (QED) is 0.733. The molecule has 1 N–H and O–H groups in total. The molecule has 1 atom stereocenters. The normalized spacial score (nSPS) is 12.2. The fraction of sp³-hybridized carbons (Fsp3) is 0.222. The molecule has 0 saturated carbocycles. The van der Waals surface area contributed by atoms with Gasteiger partial charge in [-0.2, -0.15) is 13.2 Å². The van der Waals surface area contributed by atoms with E-state index in [2.05, 4.69) is 5.32 Å². The van der Waals surface area contributed by atoms with E-state index in [-0.39, 0.29) is 10.7 Å². The molecule has 2 aromatic rings. The van der Waals surface area contributed by atoms with E-state index in [4.69, 9.17) is 21.1 Å². The maximum absolute atomic E-state index is 12.7. The van der Waals surface area contributed by atoms with Gasteiger partial charge in [-0.1, -0.05) is 29.8 Å². The molecule has 5 nitrogen and oxygen atoms in total. The Morgan fingerprint density at radius 2 is 1.81 bits per heavy atom. The first-order valence-electron chi connectivity index (χ1n) is 7.72. The fourth-order valence-corrected chi connectivity index (χ4v) is 2.15. The van der Waals surface area contributed by atoms with Crippen molar-refractivity contribution in [3.63, 3.8) is 0 Å². The van der Waals surface area contributed by atoms with Gasteiger partial charge in [-0.15, -0.1) is 0 Å². The number of halogens is 4. The average Bonchev–Trinajstić information content (AvgIpc) is 2.61. The van der Waals surface area contributed by atoms with Gasteiger partial charge in [-0.3, -0.25) is 4.79 Å². The number of esters is 1. The third kappa shape index (κ3) is 6.18. The number of ether oxygens (including phenoxy) is 2. The molecule has 9 heteroatoms. The highest BCUT2D eigenvalue weighted by Gasteiger charge is 2.31. The van der Waals surface area contributed by atoms with E-state index in [9.17, 15) is 22.8 Å². The van der Waals surface area contributed by atoms with Crippen LogP contribution in [-0.2, 0) is 20.5 Å². The summed E-state index contributed by atoms with van der Waals surface area (Å²) in [5.74, 6) is -1.19. The number of para-hydroxylation sites is 1. The molecule has 2 aromatic carbocycles. The molecule has 0 radical (unpaired) electrons. The third-order valence-corrected chi connectivity index (χ3v) is 3.63. The van der Waals surface area contributed by atoms with E-state index < -0.39 is 36.3 Å². The van der Waals surface area contributed by atoms with Gasteiger partial charge in [0.15, 0.2) is 12.7 Å².